The van der Waals surface area contributed by atoms with Crippen molar-refractivity contribution in [2.45, 2.75) is 57.1 Å². The zero-order valence-corrected chi connectivity index (χ0v) is 17.9. The summed E-state index contributed by atoms with van der Waals surface area (Å²) in [6.45, 7) is 0.553. The van der Waals surface area contributed by atoms with E-state index in [1.54, 1.807) is 0 Å². The lowest BCUT2D eigenvalue weighted by Crippen LogP contribution is -2.37. The Bertz CT molecular complexity index is 934. The number of hydrogen-bond donors (Lipinski definition) is 1. The first-order chi connectivity index (χ1) is 15.3. The Hall–Kier alpha value is -3.14. The molecule has 3 aromatic rings. The van der Waals surface area contributed by atoms with Gasteiger partial charge in [0.2, 0.25) is 5.91 Å². The summed E-state index contributed by atoms with van der Waals surface area (Å²) in [5, 5.41) is 3.22. The summed E-state index contributed by atoms with van der Waals surface area (Å²) >= 11 is 0. The molecule has 0 unspecified atom stereocenters. The highest BCUT2D eigenvalue weighted by Crippen LogP contribution is 2.32. The number of amides is 1. The number of nitrogens with one attached hydrogen (secondary N) is 1. The molecular formula is C27H30N2O2. The van der Waals surface area contributed by atoms with Gasteiger partial charge in [0.25, 0.3) is 0 Å². The van der Waals surface area contributed by atoms with Crippen LogP contribution in [-0.2, 0) is 17.8 Å². The van der Waals surface area contributed by atoms with Crippen molar-refractivity contribution in [2.75, 3.05) is 0 Å². The van der Waals surface area contributed by atoms with Crippen LogP contribution in [0, 0.1) is 0 Å². The van der Waals surface area contributed by atoms with Gasteiger partial charge in [0, 0.05) is 24.1 Å². The third-order valence-electron chi connectivity index (χ3n) is 6.00. The zero-order valence-electron chi connectivity index (χ0n) is 17.9. The number of nitrogens with zero attached hydrogens (tertiary/aromatic N) is 1. The fraction of sp³-hybridized carbons (Fsp3) is 0.333. The summed E-state index contributed by atoms with van der Waals surface area (Å²) in [7, 11) is 0. The predicted molar refractivity (Wildman–Crippen MR) is 123 cm³/mol. The molecule has 1 amide bonds. The summed E-state index contributed by atoms with van der Waals surface area (Å²) in [4.78, 5) is 17.0. The van der Waals surface area contributed by atoms with E-state index < -0.39 is 0 Å². The highest BCUT2D eigenvalue weighted by Gasteiger charge is 2.24. The molecule has 1 aliphatic rings. The molecule has 160 valence electrons. The van der Waals surface area contributed by atoms with Crippen molar-refractivity contribution >= 4 is 5.91 Å². The molecule has 1 aliphatic carbocycles. The minimum absolute atomic E-state index is 0.158. The van der Waals surface area contributed by atoms with Crippen molar-refractivity contribution in [3.8, 4) is 5.75 Å². The summed E-state index contributed by atoms with van der Waals surface area (Å²) in [6.07, 6.45) is 7.31. The van der Waals surface area contributed by atoms with Gasteiger partial charge in [0.15, 0.2) is 0 Å². The maximum absolute atomic E-state index is 12.3. The summed E-state index contributed by atoms with van der Waals surface area (Å²) in [5.41, 5.74) is 3.49. The Labute approximate surface area is 184 Å². The van der Waals surface area contributed by atoms with Crippen LogP contribution in [0.3, 0.4) is 0 Å². The number of benzene rings is 2. The normalized spacial score (nSPS) is 18.3. The maximum atomic E-state index is 12.3. The predicted octanol–water partition coefficient (Wildman–Crippen LogP) is 5.44. The van der Waals surface area contributed by atoms with Crippen LogP contribution < -0.4 is 10.1 Å². The molecule has 4 rings (SSSR count). The van der Waals surface area contributed by atoms with Gasteiger partial charge in [-0.25, -0.2) is 0 Å². The first-order valence-electron chi connectivity index (χ1n) is 11.2. The SMILES string of the molecule is O=C(CCc1ccccc1)NC1CCC(c2ccc(OCc3ccccc3)cn2)CC1. The van der Waals surface area contributed by atoms with Crippen molar-refractivity contribution in [3.63, 3.8) is 0 Å². The van der Waals surface area contributed by atoms with Crippen molar-refractivity contribution in [2.24, 2.45) is 0 Å². The van der Waals surface area contributed by atoms with Crippen molar-refractivity contribution < 1.29 is 9.53 Å². The van der Waals surface area contributed by atoms with Gasteiger partial charge in [-0.3, -0.25) is 9.78 Å². The molecule has 1 saturated carbocycles. The maximum Gasteiger partial charge on any atom is 0.220 e. The second-order valence-electron chi connectivity index (χ2n) is 8.29. The van der Waals surface area contributed by atoms with Gasteiger partial charge in [-0.1, -0.05) is 60.7 Å². The highest BCUT2D eigenvalue weighted by atomic mass is 16.5. The van der Waals surface area contributed by atoms with E-state index in [1.165, 1.54) is 5.56 Å². The minimum atomic E-state index is 0.158. The third-order valence-corrected chi connectivity index (χ3v) is 6.00. The summed E-state index contributed by atoms with van der Waals surface area (Å²) in [6, 6.07) is 24.7. The van der Waals surface area contributed by atoms with Gasteiger partial charge in [-0.2, -0.15) is 0 Å². The van der Waals surface area contributed by atoms with Crippen LogP contribution >= 0.6 is 0 Å². The number of rotatable bonds is 8. The van der Waals surface area contributed by atoms with Crippen molar-refractivity contribution in [1.29, 1.82) is 0 Å². The van der Waals surface area contributed by atoms with E-state index in [-0.39, 0.29) is 11.9 Å². The smallest absolute Gasteiger partial charge is 0.220 e. The van der Waals surface area contributed by atoms with E-state index in [2.05, 4.69) is 40.6 Å². The minimum Gasteiger partial charge on any atom is -0.487 e. The number of hydrogen-bond acceptors (Lipinski definition) is 3. The molecule has 4 nitrogen and oxygen atoms in total. The Morgan fingerprint density at radius 3 is 2.19 bits per heavy atom. The van der Waals surface area contributed by atoms with E-state index in [4.69, 9.17) is 4.74 Å². The van der Waals surface area contributed by atoms with E-state index in [9.17, 15) is 4.79 Å². The lowest BCUT2D eigenvalue weighted by molar-refractivity contribution is -0.122. The molecule has 0 saturated heterocycles. The molecule has 0 radical (unpaired) electrons. The second kappa shape index (κ2) is 10.8. The number of aromatic nitrogens is 1. The molecule has 0 aliphatic heterocycles. The van der Waals surface area contributed by atoms with Crippen molar-refractivity contribution in [3.05, 3.63) is 95.8 Å². The molecule has 1 N–H and O–H groups in total. The quantitative estimate of drug-likeness (QED) is 0.534. The van der Waals surface area contributed by atoms with Crippen LogP contribution in [-0.4, -0.2) is 16.9 Å². The molecule has 2 aromatic carbocycles. The molecule has 31 heavy (non-hydrogen) atoms. The average molecular weight is 415 g/mol. The summed E-state index contributed by atoms with van der Waals surface area (Å²) < 4.78 is 5.84. The van der Waals surface area contributed by atoms with Crippen LogP contribution in [0.1, 0.15) is 54.8 Å². The van der Waals surface area contributed by atoms with Gasteiger partial charge in [0.1, 0.15) is 12.4 Å². The van der Waals surface area contributed by atoms with Gasteiger partial charge < -0.3 is 10.1 Å². The highest BCUT2D eigenvalue weighted by molar-refractivity contribution is 5.76. The number of ether oxygens (including phenoxy) is 1. The van der Waals surface area contributed by atoms with Gasteiger partial charge in [-0.15, -0.1) is 0 Å². The number of carbonyl (C=O) groups excluding carboxylic acids is 1. The Morgan fingerprint density at radius 1 is 0.871 bits per heavy atom. The largest absolute Gasteiger partial charge is 0.487 e. The second-order valence-corrected chi connectivity index (χ2v) is 8.29. The standard InChI is InChI=1S/C27H30N2O2/c30-27(18-11-21-7-3-1-4-8-21)29-24-14-12-23(13-15-24)26-17-16-25(19-28-26)31-20-22-9-5-2-6-10-22/h1-10,16-17,19,23-24H,11-15,18,20H2,(H,29,30). The lowest BCUT2D eigenvalue weighted by atomic mass is 9.84. The Morgan fingerprint density at radius 2 is 1.55 bits per heavy atom. The molecule has 0 bridgehead atoms. The van der Waals surface area contributed by atoms with Crippen LogP contribution in [0.4, 0.5) is 0 Å². The molecular weight excluding hydrogens is 384 g/mol. The number of aryl methyl sites for hydroxylation is 1. The van der Waals surface area contributed by atoms with Crippen LogP contribution in [0.15, 0.2) is 79.0 Å². The molecule has 1 heterocycles. The van der Waals surface area contributed by atoms with Gasteiger partial charge in [0.05, 0.1) is 6.20 Å². The average Bonchev–Trinajstić information content (AvgIpc) is 2.84. The molecule has 0 atom stereocenters. The van der Waals surface area contributed by atoms with E-state index in [0.717, 1.165) is 49.1 Å². The Balaban J connectivity index is 1.19. The summed E-state index contributed by atoms with van der Waals surface area (Å²) in [5.74, 6) is 1.41. The Kier molecular flexibility index (Phi) is 7.32. The topological polar surface area (TPSA) is 51.2 Å². The van der Waals surface area contributed by atoms with Crippen LogP contribution in [0.5, 0.6) is 5.75 Å². The first kappa shape index (κ1) is 21.1. The fourth-order valence-electron chi connectivity index (χ4n) is 4.20. The van der Waals surface area contributed by atoms with Gasteiger partial charge in [-0.05, 0) is 55.4 Å². The third kappa shape index (κ3) is 6.42. The molecule has 1 aromatic heterocycles. The van der Waals surface area contributed by atoms with Crippen molar-refractivity contribution in [1.82, 2.24) is 10.3 Å². The van der Waals surface area contributed by atoms with Crippen LogP contribution in [0.25, 0.3) is 0 Å². The van der Waals surface area contributed by atoms with E-state index in [1.807, 2.05) is 48.7 Å². The molecule has 1 fully saturated rings. The molecule has 0 spiro atoms. The number of pyridine rings is 1. The monoisotopic (exact) mass is 414 g/mol. The zero-order chi connectivity index (χ0) is 21.3. The molecule has 4 heteroatoms. The van der Waals surface area contributed by atoms with Crippen LogP contribution in [0.2, 0.25) is 0 Å². The van der Waals surface area contributed by atoms with E-state index >= 15 is 0 Å². The van der Waals surface area contributed by atoms with Gasteiger partial charge >= 0.3 is 0 Å². The lowest BCUT2D eigenvalue weighted by Gasteiger charge is -2.29. The first-order valence-corrected chi connectivity index (χ1v) is 11.2. The fourth-order valence-corrected chi connectivity index (χ4v) is 4.20. The van der Waals surface area contributed by atoms with E-state index in [0.29, 0.717) is 18.9 Å². The number of carbonyl (C=O) groups is 1.